The fourth-order valence-corrected chi connectivity index (χ4v) is 3.69. The normalized spacial score (nSPS) is 15.2. The third kappa shape index (κ3) is 4.09. The minimum absolute atomic E-state index is 0.0648. The van der Waals surface area contributed by atoms with Crippen LogP contribution in [0.1, 0.15) is 23.8 Å². The smallest absolute Gasteiger partial charge is 0.261 e. The molecule has 0 saturated heterocycles. The number of furan rings is 1. The van der Waals surface area contributed by atoms with Gasteiger partial charge in [0.25, 0.3) is 11.8 Å². The van der Waals surface area contributed by atoms with E-state index in [-0.39, 0.29) is 16.7 Å². The van der Waals surface area contributed by atoms with Gasteiger partial charge in [0.2, 0.25) is 5.88 Å². The van der Waals surface area contributed by atoms with Gasteiger partial charge in [0, 0.05) is 30.1 Å². The molecule has 4 rings (SSSR count). The first-order valence-electron chi connectivity index (χ1n) is 10.5. The van der Waals surface area contributed by atoms with Crippen LogP contribution in [0.2, 0.25) is 0 Å². The second-order valence-corrected chi connectivity index (χ2v) is 8.02. The van der Waals surface area contributed by atoms with Crippen LogP contribution in [0.4, 0.5) is 17.3 Å². The van der Waals surface area contributed by atoms with Crippen molar-refractivity contribution in [3.8, 4) is 6.07 Å². The average Bonchev–Trinajstić information content (AvgIpc) is 3.27. The van der Waals surface area contributed by atoms with E-state index in [9.17, 15) is 14.9 Å². The maximum Gasteiger partial charge on any atom is 0.261 e. The van der Waals surface area contributed by atoms with E-state index in [1.807, 2.05) is 79.4 Å². The minimum Gasteiger partial charge on any atom is -0.440 e. The van der Waals surface area contributed by atoms with Crippen molar-refractivity contribution in [2.24, 2.45) is 0 Å². The molecule has 33 heavy (non-hydrogen) atoms. The number of anilines is 3. The summed E-state index contributed by atoms with van der Waals surface area (Å²) in [5.74, 6) is -0.0462. The number of benzene rings is 2. The summed E-state index contributed by atoms with van der Waals surface area (Å²) in [5, 5.41) is 9.56. The number of aryl methyl sites for hydroxylation is 2. The molecular formula is C27H23N3O3. The minimum atomic E-state index is -0.533. The second-order valence-electron chi connectivity index (χ2n) is 8.02. The fourth-order valence-electron chi connectivity index (χ4n) is 3.69. The number of amides is 2. The van der Waals surface area contributed by atoms with E-state index in [1.165, 1.54) is 13.1 Å². The molecule has 0 fully saturated rings. The predicted octanol–water partition coefficient (Wildman–Crippen LogP) is 5.59. The topological polar surface area (TPSA) is 77.6 Å². The second kappa shape index (κ2) is 8.64. The standard InChI is InChI=1S/C27H23N3O3/c1-17-5-9-20(10-6-17)30(21-11-7-18(2)8-12-21)25-14-13-22(33-25)15-23-24(16-28)19(3)26(31)29(4)27(23)32/h5-15H,1-4H3/b23-15-. The summed E-state index contributed by atoms with van der Waals surface area (Å²) < 4.78 is 6.12. The first-order valence-corrected chi connectivity index (χ1v) is 10.5. The maximum atomic E-state index is 12.7. The Hall–Kier alpha value is -4.37. The van der Waals surface area contributed by atoms with E-state index in [0.29, 0.717) is 11.6 Å². The van der Waals surface area contributed by atoms with Gasteiger partial charge in [0.05, 0.1) is 11.1 Å². The van der Waals surface area contributed by atoms with Crippen LogP contribution in [0.5, 0.6) is 0 Å². The van der Waals surface area contributed by atoms with Crippen molar-refractivity contribution in [1.29, 1.82) is 5.26 Å². The van der Waals surface area contributed by atoms with E-state index in [4.69, 9.17) is 4.42 Å². The van der Waals surface area contributed by atoms with Gasteiger partial charge in [0.15, 0.2) is 0 Å². The first kappa shape index (κ1) is 21.8. The summed E-state index contributed by atoms with van der Waals surface area (Å²) in [4.78, 5) is 27.9. The Labute approximate surface area is 192 Å². The van der Waals surface area contributed by atoms with E-state index < -0.39 is 11.8 Å². The molecule has 1 aliphatic heterocycles. The van der Waals surface area contributed by atoms with Crippen LogP contribution in [-0.4, -0.2) is 23.8 Å². The summed E-state index contributed by atoms with van der Waals surface area (Å²) in [5.41, 5.74) is 4.57. The molecule has 0 radical (unpaired) electrons. The lowest BCUT2D eigenvalue weighted by Gasteiger charge is -2.23. The highest BCUT2D eigenvalue weighted by molar-refractivity contribution is 6.18. The van der Waals surface area contributed by atoms with Gasteiger partial charge < -0.3 is 4.42 Å². The van der Waals surface area contributed by atoms with Crippen molar-refractivity contribution < 1.29 is 14.0 Å². The zero-order chi connectivity index (χ0) is 23.7. The average molecular weight is 437 g/mol. The van der Waals surface area contributed by atoms with Crippen LogP contribution in [0, 0.1) is 25.2 Å². The number of hydrogen-bond donors (Lipinski definition) is 0. The molecule has 0 aliphatic carbocycles. The van der Waals surface area contributed by atoms with Gasteiger partial charge in [0.1, 0.15) is 11.8 Å². The molecule has 2 heterocycles. The lowest BCUT2D eigenvalue weighted by molar-refractivity contribution is -0.138. The van der Waals surface area contributed by atoms with Crippen molar-refractivity contribution in [1.82, 2.24) is 4.90 Å². The van der Waals surface area contributed by atoms with Crippen LogP contribution >= 0.6 is 0 Å². The van der Waals surface area contributed by atoms with Gasteiger partial charge in [-0.3, -0.25) is 19.4 Å². The summed E-state index contributed by atoms with van der Waals surface area (Å²) in [6.07, 6.45) is 1.51. The molecule has 0 unspecified atom stereocenters. The van der Waals surface area contributed by atoms with Gasteiger partial charge in [-0.25, -0.2) is 0 Å². The lowest BCUT2D eigenvalue weighted by Crippen LogP contribution is -2.39. The Kier molecular flexibility index (Phi) is 5.72. The number of likely N-dealkylation sites (N-methyl/N-ethyl adjacent to an activating group) is 1. The molecule has 0 atom stereocenters. The number of rotatable bonds is 4. The molecule has 3 aromatic rings. The van der Waals surface area contributed by atoms with Gasteiger partial charge in [-0.2, -0.15) is 5.26 Å². The van der Waals surface area contributed by atoms with Gasteiger partial charge in [-0.05, 0) is 57.2 Å². The highest BCUT2D eigenvalue weighted by Crippen LogP contribution is 2.36. The predicted molar refractivity (Wildman–Crippen MR) is 127 cm³/mol. The molecule has 2 amide bonds. The van der Waals surface area contributed by atoms with Crippen molar-refractivity contribution in [3.63, 3.8) is 0 Å². The van der Waals surface area contributed by atoms with Gasteiger partial charge in [-0.15, -0.1) is 0 Å². The number of nitrogens with zero attached hydrogens (tertiary/aromatic N) is 3. The van der Waals surface area contributed by atoms with Crippen LogP contribution < -0.4 is 4.90 Å². The van der Waals surface area contributed by atoms with Crippen LogP contribution in [0.3, 0.4) is 0 Å². The van der Waals surface area contributed by atoms with Crippen molar-refractivity contribution in [2.45, 2.75) is 20.8 Å². The maximum absolute atomic E-state index is 12.7. The zero-order valence-corrected chi connectivity index (χ0v) is 18.9. The van der Waals surface area contributed by atoms with E-state index in [1.54, 1.807) is 13.0 Å². The van der Waals surface area contributed by atoms with Crippen LogP contribution in [-0.2, 0) is 9.59 Å². The zero-order valence-electron chi connectivity index (χ0n) is 18.9. The molecule has 0 spiro atoms. The largest absolute Gasteiger partial charge is 0.440 e. The van der Waals surface area contributed by atoms with Crippen LogP contribution in [0.25, 0.3) is 6.08 Å². The number of imide groups is 1. The molecular weight excluding hydrogens is 414 g/mol. The highest BCUT2D eigenvalue weighted by atomic mass is 16.4. The number of carbonyl (C=O) groups is 2. The molecule has 0 saturated carbocycles. The van der Waals surface area contributed by atoms with Crippen molar-refractivity contribution in [3.05, 3.63) is 94.3 Å². The van der Waals surface area contributed by atoms with E-state index in [2.05, 4.69) is 0 Å². The van der Waals surface area contributed by atoms with Crippen LogP contribution in [0.15, 0.2) is 81.8 Å². The Morgan fingerprint density at radius 1 is 0.848 bits per heavy atom. The Balaban J connectivity index is 1.79. The summed E-state index contributed by atoms with van der Waals surface area (Å²) in [7, 11) is 1.40. The third-order valence-corrected chi connectivity index (χ3v) is 5.62. The third-order valence-electron chi connectivity index (χ3n) is 5.62. The van der Waals surface area contributed by atoms with Gasteiger partial charge >= 0.3 is 0 Å². The van der Waals surface area contributed by atoms with E-state index in [0.717, 1.165) is 27.4 Å². The Morgan fingerprint density at radius 3 is 1.91 bits per heavy atom. The SMILES string of the molecule is CC1=C(C#N)/C(=C/c2ccc(N(c3ccc(C)cc3)c3ccc(C)cc3)o2)C(=O)N(C)C1=O. The Morgan fingerprint density at radius 2 is 1.39 bits per heavy atom. The van der Waals surface area contributed by atoms with Gasteiger partial charge in [-0.1, -0.05) is 35.4 Å². The fraction of sp³-hybridized carbons (Fsp3) is 0.148. The molecule has 6 nitrogen and oxygen atoms in total. The molecule has 6 heteroatoms. The summed E-state index contributed by atoms with van der Waals surface area (Å²) in [6.45, 7) is 5.60. The monoisotopic (exact) mass is 437 g/mol. The lowest BCUT2D eigenvalue weighted by atomic mass is 9.95. The summed E-state index contributed by atoms with van der Waals surface area (Å²) in [6, 6.07) is 21.7. The number of hydrogen-bond acceptors (Lipinski definition) is 5. The molecule has 0 N–H and O–H groups in total. The number of nitriles is 1. The highest BCUT2D eigenvalue weighted by Gasteiger charge is 2.33. The van der Waals surface area contributed by atoms with Crippen molar-refractivity contribution >= 4 is 35.1 Å². The summed E-state index contributed by atoms with van der Waals surface area (Å²) >= 11 is 0. The van der Waals surface area contributed by atoms with E-state index >= 15 is 0 Å². The number of carbonyl (C=O) groups excluding carboxylic acids is 2. The molecule has 1 aromatic heterocycles. The quantitative estimate of drug-likeness (QED) is 0.393. The first-order chi connectivity index (χ1) is 15.8. The molecule has 164 valence electrons. The Bertz CT molecular complexity index is 1290. The molecule has 0 bridgehead atoms. The van der Waals surface area contributed by atoms with Crippen molar-refractivity contribution in [2.75, 3.05) is 11.9 Å². The molecule has 1 aliphatic rings. The molecule has 2 aromatic carbocycles.